The van der Waals surface area contributed by atoms with Gasteiger partial charge in [-0.25, -0.2) is 24.1 Å². The number of nitrogens with two attached hydrogens (primary N) is 1. The maximum Gasteiger partial charge on any atom is 0.358 e. The van der Waals surface area contributed by atoms with Crippen LogP contribution in [0.25, 0.3) is 4.96 Å². The van der Waals surface area contributed by atoms with Gasteiger partial charge in [0.2, 0.25) is 4.96 Å². The highest BCUT2D eigenvalue weighted by Crippen LogP contribution is 2.42. The summed E-state index contributed by atoms with van der Waals surface area (Å²) in [4.78, 5) is 59.3. The fourth-order valence-electron chi connectivity index (χ4n) is 3.81. The lowest BCUT2D eigenvalue weighted by molar-refractivity contribution is -0.150. The minimum atomic E-state index is -1.27. The first kappa shape index (κ1) is 26.9. The van der Waals surface area contributed by atoms with Gasteiger partial charge in [-0.15, -0.1) is 28.2 Å². The number of rotatable bonds is 9. The van der Waals surface area contributed by atoms with Gasteiger partial charge in [0.1, 0.15) is 22.8 Å². The number of carbonyl (C=O) groups excluding carboxylic acids is 3. The number of carboxylic acid groups (broad SMARTS) is 1. The van der Waals surface area contributed by atoms with Gasteiger partial charge in [0.25, 0.3) is 11.8 Å². The summed E-state index contributed by atoms with van der Waals surface area (Å²) >= 11 is 4.85. The van der Waals surface area contributed by atoms with Crippen molar-refractivity contribution in [3.8, 4) is 0 Å². The molecule has 0 spiro atoms. The van der Waals surface area contributed by atoms with Crippen LogP contribution in [0.4, 0.5) is 5.13 Å². The number of imidazole rings is 1. The maximum atomic E-state index is 12.9. The first-order valence-electron chi connectivity index (χ1n) is 11.0. The molecule has 1 fully saturated rings. The lowest BCUT2D eigenvalue weighted by Gasteiger charge is -2.49. The van der Waals surface area contributed by atoms with Crippen LogP contribution in [0.1, 0.15) is 23.1 Å². The molecule has 5 N–H and O–H groups in total. The van der Waals surface area contributed by atoms with Crippen LogP contribution < -0.4 is 11.1 Å². The molecule has 15 nitrogen and oxygen atoms in total. The van der Waals surface area contributed by atoms with Crippen LogP contribution >= 0.6 is 46.2 Å². The Balaban J connectivity index is 1.27. The number of nitrogens with zero attached hydrogens (tertiary/aromatic N) is 6. The first-order valence-corrected chi connectivity index (χ1v) is 14.7. The Bertz CT molecular complexity index is 1530. The number of carbonyl (C=O) groups is 4. The van der Waals surface area contributed by atoms with Crippen molar-refractivity contribution in [2.45, 2.75) is 22.7 Å². The van der Waals surface area contributed by atoms with Crippen molar-refractivity contribution in [2.24, 2.45) is 5.16 Å². The number of esters is 1. The average Bonchev–Trinajstić information content (AvgIpc) is 3.61. The molecule has 39 heavy (non-hydrogen) atoms. The molecule has 204 valence electrons. The molecule has 0 aliphatic carbocycles. The van der Waals surface area contributed by atoms with Gasteiger partial charge in [-0.1, -0.05) is 28.3 Å². The summed E-state index contributed by atoms with van der Waals surface area (Å²) in [6.45, 7) is 1.92. The molecule has 0 unspecified atom stereocenters. The maximum absolute atomic E-state index is 12.9. The Labute approximate surface area is 235 Å². The highest BCUT2D eigenvalue weighted by molar-refractivity contribution is 8.02. The number of anilines is 1. The van der Waals surface area contributed by atoms with Crippen LogP contribution in [0.3, 0.4) is 0 Å². The van der Waals surface area contributed by atoms with Crippen molar-refractivity contribution in [1.82, 2.24) is 29.8 Å². The number of thioether (sulfide) groups is 2. The van der Waals surface area contributed by atoms with Crippen molar-refractivity contribution in [3.05, 3.63) is 34.2 Å². The molecular formula is C20H18N8O7S4. The third kappa shape index (κ3) is 5.04. The minimum absolute atomic E-state index is 0.0505. The third-order valence-electron chi connectivity index (χ3n) is 5.50. The number of hydrogen-bond donors (Lipinski definition) is 4. The predicted octanol–water partition coefficient (Wildman–Crippen LogP) is 0.715. The van der Waals surface area contributed by atoms with Gasteiger partial charge in [-0.2, -0.15) is 0 Å². The highest BCUT2D eigenvalue weighted by atomic mass is 32.2. The van der Waals surface area contributed by atoms with E-state index >= 15 is 0 Å². The number of aromatic nitrogens is 4. The molecule has 1 saturated heterocycles. The molecule has 2 aliphatic rings. The van der Waals surface area contributed by atoms with Gasteiger partial charge < -0.3 is 26.1 Å². The fraction of sp³-hybridized carbons (Fsp3) is 0.300. The molecule has 5 rings (SSSR count). The summed E-state index contributed by atoms with van der Waals surface area (Å²) in [6.07, 6.45) is 1.46. The van der Waals surface area contributed by atoms with Gasteiger partial charge in [0, 0.05) is 16.9 Å². The Morgan fingerprint density at radius 1 is 1.33 bits per heavy atom. The van der Waals surface area contributed by atoms with Crippen LogP contribution in [0.5, 0.6) is 0 Å². The quantitative estimate of drug-likeness (QED) is 0.0657. The van der Waals surface area contributed by atoms with Crippen molar-refractivity contribution < 1.29 is 34.2 Å². The monoisotopic (exact) mass is 610 g/mol. The molecule has 5 heterocycles. The first-order chi connectivity index (χ1) is 18.7. The second-order valence-electron chi connectivity index (χ2n) is 7.87. The van der Waals surface area contributed by atoms with Crippen molar-refractivity contribution in [2.75, 3.05) is 23.8 Å². The topological polar surface area (TPSA) is 215 Å². The van der Waals surface area contributed by atoms with E-state index in [9.17, 15) is 29.5 Å². The second kappa shape index (κ2) is 10.8. The van der Waals surface area contributed by atoms with Crippen LogP contribution in [0.2, 0.25) is 0 Å². The molecule has 0 bridgehead atoms. The molecule has 2 amide bonds. The summed E-state index contributed by atoms with van der Waals surface area (Å²) in [5, 5.41) is 30.0. The summed E-state index contributed by atoms with van der Waals surface area (Å²) in [5.41, 5.74) is 5.72. The Hall–Kier alpha value is -3.68. The number of oxime groups is 1. The number of nitrogens with one attached hydrogen (secondary N) is 1. The Kier molecular flexibility index (Phi) is 7.47. The summed E-state index contributed by atoms with van der Waals surface area (Å²) < 4.78 is 6.98. The molecule has 19 heteroatoms. The summed E-state index contributed by atoms with van der Waals surface area (Å²) in [5.74, 6) is -2.71. The number of thiazole rings is 1. The molecular weight excluding hydrogens is 593 g/mol. The number of hydrogen-bond acceptors (Lipinski definition) is 15. The summed E-state index contributed by atoms with van der Waals surface area (Å²) in [6, 6.07) is -1.01. The average molecular weight is 611 g/mol. The normalized spacial score (nSPS) is 19.2. The zero-order chi connectivity index (χ0) is 27.8. The molecule has 2 atom stereocenters. The number of amides is 2. The standard InChI is InChI=1S/C20H18N8O7S4/c1-2-35-17(33)8-3-27-19(23-8)39-20(25-27)38-5-7-4-36-15-11(14(30)28(15)12(7)16(31)32)24-13(29)10(26-34)9-6-37-18(21)22-9/h3,6,11,15,34H,2,4-5H2,1H3,(H2,21,22)(H,24,29)(H,31,32)/b26-10-/t11-,15-/m1/s1. The smallest absolute Gasteiger partial charge is 0.358 e. The SMILES string of the molecule is CCOC(=O)c1cn2nc(SCC3=C(C(=O)O)N4C(=O)[C@@H](NC(=O)/C(=N\O)c5csc(N)n5)[C@H]4SC3)sc2n1. The van der Waals surface area contributed by atoms with E-state index in [-0.39, 0.29) is 34.6 Å². The van der Waals surface area contributed by atoms with E-state index in [0.29, 0.717) is 20.6 Å². The molecule has 2 aliphatic heterocycles. The van der Waals surface area contributed by atoms with E-state index in [1.54, 1.807) is 6.92 Å². The molecule has 3 aromatic rings. The zero-order valence-electron chi connectivity index (χ0n) is 19.8. The zero-order valence-corrected chi connectivity index (χ0v) is 23.0. The predicted molar refractivity (Wildman–Crippen MR) is 142 cm³/mol. The number of fused-ring (bicyclic) bond motifs is 2. The second-order valence-corrected chi connectivity index (χ2v) is 12.0. The van der Waals surface area contributed by atoms with Crippen LogP contribution in [0, 0.1) is 0 Å². The van der Waals surface area contributed by atoms with E-state index in [1.165, 1.54) is 51.0 Å². The fourth-order valence-corrected chi connectivity index (χ4v) is 7.76. The van der Waals surface area contributed by atoms with Crippen molar-refractivity contribution in [3.63, 3.8) is 0 Å². The Morgan fingerprint density at radius 3 is 2.77 bits per heavy atom. The largest absolute Gasteiger partial charge is 0.477 e. The van der Waals surface area contributed by atoms with Crippen molar-refractivity contribution in [1.29, 1.82) is 0 Å². The van der Waals surface area contributed by atoms with E-state index < -0.39 is 40.9 Å². The molecule has 0 radical (unpaired) electrons. The minimum Gasteiger partial charge on any atom is -0.477 e. The molecule has 0 aromatic carbocycles. The number of nitrogen functional groups attached to an aromatic ring is 1. The van der Waals surface area contributed by atoms with Crippen LogP contribution in [0.15, 0.2) is 32.3 Å². The number of carboxylic acids is 1. The van der Waals surface area contributed by atoms with Gasteiger partial charge in [0.15, 0.2) is 20.9 Å². The van der Waals surface area contributed by atoms with Crippen LogP contribution in [-0.2, 0) is 19.1 Å². The van der Waals surface area contributed by atoms with Gasteiger partial charge in [0.05, 0.1) is 12.8 Å². The van der Waals surface area contributed by atoms with E-state index in [2.05, 4.69) is 25.5 Å². The number of ether oxygens (including phenoxy) is 1. The van der Waals surface area contributed by atoms with E-state index in [0.717, 1.165) is 16.2 Å². The van der Waals surface area contributed by atoms with Gasteiger partial charge in [-0.3, -0.25) is 14.5 Å². The molecule has 0 saturated carbocycles. The highest BCUT2D eigenvalue weighted by Gasteiger charge is 2.54. The lowest BCUT2D eigenvalue weighted by Crippen LogP contribution is -2.71. The summed E-state index contributed by atoms with van der Waals surface area (Å²) in [7, 11) is 0. The van der Waals surface area contributed by atoms with E-state index in [1.807, 2.05) is 0 Å². The van der Waals surface area contributed by atoms with Gasteiger partial charge in [-0.05, 0) is 12.5 Å². The van der Waals surface area contributed by atoms with E-state index in [4.69, 9.17) is 10.5 Å². The third-order valence-corrected chi connectivity index (χ3v) is 9.65. The number of β-lactam (4-membered cyclic amide) rings is 1. The number of aliphatic carboxylic acids is 1. The molecule has 3 aromatic heterocycles. The Morgan fingerprint density at radius 2 is 2.13 bits per heavy atom. The van der Waals surface area contributed by atoms with Crippen LogP contribution in [-0.4, -0.2) is 93.8 Å². The van der Waals surface area contributed by atoms with Gasteiger partial charge >= 0.3 is 11.9 Å². The lowest BCUT2D eigenvalue weighted by atomic mass is 10.0. The van der Waals surface area contributed by atoms with Crippen molar-refractivity contribution >= 4 is 85.8 Å².